The van der Waals surface area contributed by atoms with E-state index in [0.717, 1.165) is 4.47 Å². The van der Waals surface area contributed by atoms with Crippen molar-refractivity contribution < 1.29 is 8.42 Å². The number of aryl methyl sites for hydroxylation is 1. The molecule has 5 nitrogen and oxygen atoms in total. The van der Waals surface area contributed by atoms with Gasteiger partial charge in [0.2, 0.25) is 0 Å². The van der Waals surface area contributed by atoms with Crippen molar-refractivity contribution in [1.82, 2.24) is 4.98 Å². The van der Waals surface area contributed by atoms with Crippen molar-refractivity contribution in [3.63, 3.8) is 0 Å². The van der Waals surface area contributed by atoms with Crippen LogP contribution in [0.1, 0.15) is 5.69 Å². The van der Waals surface area contributed by atoms with E-state index in [1.165, 1.54) is 6.07 Å². The molecule has 0 spiro atoms. The van der Waals surface area contributed by atoms with Gasteiger partial charge in [-0.3, -0.25) is 4.72 Å². The molecule has 0 fully saturated rings. The van der Waals surface area contributed by atoms with Gasteiger partial charge >= 0.3 is 0 Å². The molecule has 13 heavy (non-hydrogen) atoms. The molecule has 3 N–H and O–H groups in total. The Morgan fingerprint density at radius 1 is 1.54 bits per heavy atom. The zero-order chi connectivity index (χ0) is 10.1. The van der Waals surface area contributed by atoms with E-state index >= 15 is 0 Å². The van der Waals surface area contributed by atoms with Gasteiger partial charge in [-0.05, 0) is 35.0 Å². The second kappa shape index (κ2) is 3.60. The molecule has 0 aliphatic heterocycles. The Bertz CT molecular complexity index is 418. The molecular formula is C6H8BrN3O2S. The predicted molar refractivity (Wildman–Crippen MR) is 53.4 cm³/mol. The lowest BCUT2D eigenvalue weighted by Gasteiger charge is -2.03. The van der Waals surface area contributed by atoms with Gasteiger partial charge in [-0.15, -0.1) is 0 Å². The van der Waals surface area contributed by atoms with Crippen LogP contribution >= 0.6 is 15.9 Å². The maximum absolute atomic E-state index is 10.6. The molecule has 0 aliphatic rings. The number of aromatic nitrogens is 1. The minimum atomic E-state index is -3.73. The summed E-state index contributed by atoms with van der Waals surface area (Å²) in [5.41, 5.74) is 0.689. The first kappa shape index (κ1) is 10.4. The normalized spacial score (nSPS) is 11.3. The first-order chi connectivity index (χ1) is 5.88. The summed E-state index contributed by atoms with van der Waals surface area (Å²) in [5.74, 6) is 0.211. The third-order valence-corrected chi connectivity index (χ3v) is 2.60. The second-order valence-electron chi connectivity index (χ2n) is 2.41. The number of hydrogen-bond donors (Lipinski definition) is 2. The molecule has 1 rings (SSSR count). The van der Waals surface area contributed by atoms with Gasteiger partial charge in [0, 0.05) is 4.47 Å². The van der Waals surface area contributed by atoms with E-state index < -0.39 is 10.2 Å². The van der Waals surface area contributed by atoms with Crippen LogP contribution in [0.2, 0.25) is 0 Å². The Kier molecular flexibility index (Phi) is 2.89. The summed E-state index contributed by atoms with van der Waals surface area (Å²) in [5, 5.41) is 4.77. The fourth-order valence-corrected chi connectivity index (χ4v) is 1.37. The summed E-state index contributed by atoms with van der Waals surface area (Å²) in [6.45, 7) is 1.75. The van der Waals surface area contributed by atoms with Crippen LogP contribution in [0.5, 0.6) is 0 Å². The standard InChI is InChI=1S/C6H8BrN3O2S/c1-4-5(7)2-3-6(9-4)10-13(8,11)12/h2-3H,1H3,(H,9,10)(H2,8,11,12). The molecule has 0 bridgehead atoms. The van der Waals surface area contributed by atoms with Gasteiger partial charge in [0.1, 0.15) is 5.82 Å². The van der Waals surface area contributed by atoms with Gasteiger partial charge in [-0.1, -0.05) is 0 Å². The van der Waals surface area contributed by atoms with E-state index in [1.807, 2.05) is 0 Å². The summed E-state index contributed by atoms with van der Waals surface area (Å²) in [6, 6.07) is 3.21. The van der Waals surface area contributed by atoms with E-state index in [2.05, 4.69) is 25.6 Å². The SMILES string of the molecule is Cc1nc(NS(N)(=O)=O)ccc1Br. The van der Waals surface area contributed by atoms with Crippen molar-refractivity contribution in [3.8, 4) is 0 Å². The van der Waals surface area contributed by atoms with Crippen molar-refractivity contribution >= 4 is 32.0 Å². The van der Waals surface area contributed by atoms with Crippen molar-refractivity contribution in [2.45, 2.75) is 6.92 Å². The van der Waals surface area contributed by atoms with E-state index in [0.29, 0.717) is 5.69 Å². The molecule has 0 saturated carbocycles. The smallest absolute Gasteiger partial charge is 0.255 e. The topological polar surface area (TPSA) is 85.1 Å². The third-order valence-electron chi connectivity index (χ3n) is 1.27. The molecule has 0 aromatic carbocycles. The number of nitrogens with one attached hydrogen (secondary N) is 1. The van der Waals surface area contributed by atoms with Gasteiger partial charge in [0.15, 0.2) is 0 Å². The maximum Gasteiger partial charge on any atom is 0.297 e. The fraction of sp³-hybridized carbons (Fsp3) is 0.167. The molecule has 0 saturated heterocycles. The minimum absolute atomic E-state index is 0.211. The molecule has 0 radical (unpaired) electrons. The second-order valence-corrected chi connectivity index (χ2v) is 4.56. The van der Waals surface area contributed by atoms with E-state index in [1.54, 1.807) is 13.0 Å². The highest BCUT2D eigenvalue weighted by Crippen LogP contribution is 2.16. The first-order valence-electron chi connectivity index (χ1n) is 3.32. The lowest BCUT2D eigenvalue weighted by Crippen LogP contribution is -2.22. The van der Waals surface area contributed by atoms with Gasteiger partial charge < -0.3 is 0 Å². The number of nitrogens with zero attached hydrogens (tertiary/aromatic N) is 1. The summed E-state index contributed by atoms with van der Waals surface area (Å²) in [4.78, 5) is 3.94. The lowest BCUT2D eigenvalue weighted by atomic mass is 10.4. The van der Waals surface area contributed by atoms with E-state index in [-0.39, 0.29) is 5.82 Å². The number of rotatable bonds is 2. The molecule has 0 atom stereocenters. The molecule has 0 aliphatic carbocycles. The van der Waals surface area contributed by atoms with Crippen LogP contribution in [0.4, 0.5) is 5.82 Å². The molecule has 1 heterocycles. The molecule has 0 amide bonds. The Morgan fingerprint density at radius 2 is 2.15 bits per heavy atom. The van der Waals surface area contributed by atoms with Gasteiger partial charge in [-0.2, -0.15) is 8.42 Å². The van der Waals surface area contributed by atoms with Crippen molar-refractivity contribution in [2.24, 2.45) is 5.14 Å². The molecular weight excluding hydrogens is 258 g/mol. The average Bonchev–Trinajstić information content (AvgIpc) is 1.94. The number of halogens is 1. The largest absolute Gasteiger partial charge is 0.297 e. The van der Waals surface area contributed by atoms with Crippen LogP contribution in [-0.4, -0.2) is 13.4 Å². The Morgan fingerprint density at radius 3 is 2.62 bits per heavy atom. The number of nitrogens with two attached hydrogens (primary N) is 1. The zero-order valence-corrected chi connectivity index (χ0v) is 9.18. The van der Waals surface area contributed by atoms with Gasteiger partial charge in [0.05, 0.1) is 5.69 Å². The predicted octanol–water partition coefficient (Wildman–Crippen LogP) is 0.768. The highest BCUT2D eigenvalue weighted by molar-refractivity contribution is 9.10. The van der Waals surface area contributed by atoms with E-state index in [9.17, 15) is 8.42 Å². The summed E-state index contributed by atoms with van der Waals surface area (Å²) in [7, 11) is -3.73. The highest BCUT2D eigenvalue weighted by atomic mass is 79.9. The molecule has 1 aromatic rings. The molecule has 72 valence electrons. The summed E-state index contributed by atoms with van der Waals surface area (Å²) in [6.07, 6.45) is 0. The minimum Gasteiger partial charge on any atom is -0.255 e. The van der Waals surface area contributed by atoms with Crippen molar-refractivity contribution in [1.29, 1.82) is 0 Å². The number of anilines is 1. The number of pyridine rings is 1. The third kappa shape index (κ3) is 3.29. The van der Waals surface area contributed by atoms with Crippen LogP contribution < -0.4 is 9.86 Å². The molecule has 0 unspecified atom stereocenters. The first-order valence-corrected chi connectivity index (χ1v) is 5.66. The maximum atomic E-state index is 10.6. The van der Waals surface area contributed by atoms with Crippen LogP contribution in [0, 0.1) is 6.92 Å². The fourth-order valence-electron chi connectivity index (χ4n) is 0.747. The van der Waals surface area contributed by atoms with Crippen molar-refractivity contribution in [3.05, 3.63) is 22.3 Å². The average molecular weight is 266 g/mol. The monoisotopic (exact) mass is 265 g/mol. The molecule has 7 heteroatoms. The summed E-state index contributed by atoms with van der Waals surface area (Å²) < 4.78 is 24.1. The van der Waals surface area contributed by atoms with Crippen molar-refractivity contribution in [2.75, 3.05) is 4.72 Å². The van der Waals surface area contributed by atoms with Gasteiger partial charge in [0.25, 0.3) is 10.2 Å². The van der Waals surface area contributed by atoms with E-state index in [4.69, 9.17) is 5.14 Å². The van der Waals surface area contributed by atoms with Crippen LogP contribution in [-0.2, 0) is 10.2 Å². The lowest BCUT2D eigenvalue weighted by molar-refractivity contribution is 0.602. The summed E-state index contributed by atoms with van der Waals surface area (Å²) >= 11 is 3.24. The molecule has 1 aromatic heterocycles. The van der Waals surface area contributed by atoms with Crippen LogP contribution in [0.25, 0.3) is 0 Å². The van der Waals surface area contributed by atoms with Gasteiger partial charge in [-0.25, -0.2) is 10.1 Å². The Balaban J connectivity index is 2.99. The number of hydrogen-bond acceptors (Lipinski definition) is 3. The Labute approximate surface area is 84.7 Å². The highest BCUT2D eigenvalue weighted by Gasteiger charge is 2.04. The zero-order valence-electron chi connectivity index (χ0n) is 6.78. The Hall–Kier alpha value is -0.660. The quantitative estimate of drug-likeness (QED) is 0.829. The van der Waals surface area contributed by atoms with Crippen LogP contribution in [0.15, 0.2) is 16.6 Å². The van der Waals surface area contributed by atoms with Crippen LogP contribution in [0.3, 0.4) is 0 Å².